The third-order valence-corrected chi connectivity index (χ3v) is 4.67. The summed E-state index contributed by atoms with van der Waals surface area (Å²) < 4.78 is 0. The second kappa shape index (κ2) is 7.39. The summed E-state index contributed by atoms with van der Waals surface area (Å²) in [5.74, 6) is 0. The summed E-state index contributed by atoms with van der Waals surface area (Å²) in [6.45, 7) is 11.5. The molecule has 0 radical (unpaired) electrons. The van der Waals surface area contributed by atoms with Gasteiger partial charge < -0.3 is 10.2 Å². The van der Waals surface area contributed by atoms with Gasteiger partial charge >= 0.3 is 0 Å². The largest absolute Gasteiger partial charge is 0.313 e. The van der Waals surface area contributed by atoms with Gasteiger partial charge in [0.25, 0.3) is 0 Å². The zero-order valence-electron chi connectivity index (χ0n) is 14.3. The molecule has 0 spiro atoms. The standard InChI is InChI=1S/C18H31N3/c1-14-10-15(2)12-17(11-14)18(19-4)6-7-21-9-8-20(5)13-16(21)3/h10-12,16,18-19H,6-9,13H2,1-5H3. The lowest BCUT2D eigenvalue weighted by molar-refractivity contribution is 0.0963. The van der Waals surface area contributed by atoms with E-state index >= 15 is 0 Å². The summed E-state index contributed by atoms with van der Waals surface area (Å²) in [6.07, 6.45) is 1.17. The van der Waals surface area contributed by atoms with E-state index in [4.69, 9.17) is 0 Å². The van der Waals surface area contributed by atoms with Crippen LogP contribution in [0.3, 0.4) is 0 Å². The molecular weight excluding hydrogens is 258 g/mol. The lowest BCUT2D eigenvalue weighted by Crippen LogP contribution is -2.50. The molecule has 1 saturated heterocycles. The molecular formula is C18H31N3. The first-order valence-electron chi connectivity index (χ1n) is 8.17. The van der Waals surface area contributed by atoms with Crippen molar-refractivity contribution in [2.75, 3.05) is 40.3 Å². The van der Waals surface area contributed by atoms with Crippen molar-refractivity contribution in [3.8, 4) is 0 Å². The number of benzene rings is 1. The second-order valence-corrected chi connectivity index (χ2v) is 6.70. The van der Waals surface area contributed by atoms with E-state index < -0.39 is 0 Å². The van der Waals surface area contributed by atoms with Crippen LogP contribution in [0.15, 0.2) is 18.2 Å². The van der Waals surface area contributed by atoms with Crippen LogP contribution in [0.5, 0.6) is 0 Å². The molecule has 2 unspecified atom stereocenters. The number of nitrogens with zero attached hydrogens (tertiary/aromatic N) is 2. The van der Waals surface area contributed by atoms with E-state index in [1.165, 1.54) is 49.3 Å². The van der Waals surface area contributed by atoms with E-state index in [0.717, 1.165) is 0 Å². The molecule has 1 N–H and O–H groups in total. The summed E-state index contributed by atoms with van der Waals surface area (Å²) in [5, 5.41) is 3.50. The monoisotopic (exact) mass is 289 g/mol. The van der Waals surface area contributed by atoms with Gasteiger partial charge in [-0.1, -0.05) is 29.3 Å². The Hall–Kier alpha value is -0.900. The Bertz CT molecular complexity index is 438. The summed E-state index contributed by atoms with van der Waals surface area (Å²) in [7, 11) is 4.30. The predicted octanol–water partition coefficient (Wildman–Crippen LogP) is 2.59. The Balaban J connectivity index is 1.96. The average molecular weight is 289 g/mol. The highest BCUT2D eigenvalue weighted by molar-refractivity contribution is 5.30. The minimum Gasteiger partial charge on any atom is -0.313 e. The van der Waals surface area contributed by atoms with Gasteiger partial charge in [0.2, 0.25) is 0 Å². The highest BCUT2D eigenvalue weighted by atomic mass is 15.3. The fourth-order valence-electron chi connectivity index (χ4n) is 3.49. The number of piperazine rings is 1. The molecule has 0 amide bonds. The van der Waals surface area contributed by atoms with Crippen LogP contribution in [-0.2, 0) is 0 Å². The van der Waals surface area contributed by atoms with Crippen molar-refractivity contribution in [1.29, 1.82) is 0 Å². The molecule has 0 aromatic heterocycles. The van der Waals surface area contributed by atoms with E-state index in [-0.39, 0.29) is 0 Å². The Morgan fingerprint density at radius 2 is 1.86 bits per heavy atom. The van der Waals surface area contributed by atoms with Crippen LogP contribution < -0.4 is 5.32 Å². The van der Waals surface area contributed by atoms with Crippen LogP contribution in [0.25, 0.3) is 0 Å². The Labute approximate surface area is 130 Å². The highest BCUT2D eigenvalue weighted by Crippen LogP contribution is 2.21. The van der Waals surface area contributed by atoms with Crippen LogP contribution >= 0.6 is 0 Å². The van der Waals surface area contributed by atoms with Crippen LogP contribution in [0.1, 0.15) is 36.1 Å². The Morgan fingerprint density at radius 3 is 2.43 bits per heavy atom. The van der Waals surface area contributed by atoms with Crippen molar-refractivity contribution >= 4 is 0 Å². The van der Waals surface area contributed by atoms with Crippen LogP contribution in [0.2, 0.25) is 0 Å². The van der Waals surface area contributed by atoms with Gasteiger partial charge in [-0.05, 0) is 46.9 Å². The van der Waals surface area contributed by atoms with Crippen LogP contribution in [-0.4, -0.2) is 56.1 Å². The molecule has 1 aliphatic rings. The van der Waals surface area contributed by atoms with Crippen molar-refractivity contribution in [2.45, 2.75) is 39.3 Å². The lowest BCUT2D eigenvalue weighted by Gasteiger charge is -2.38. The fraction of sp³-hybridized carbons (Fsp3) is 0.667. The van der Waals surface area contributed by atoms with E-state index in [2.05, 4.69) is 68.2 Å². The lowest BCUT2D eigenvalue weighted by atomic mass is 9.98. The van der Waals surface area contributed by atoms with E-state index in [1.54, 1.807) is 0 Å². The zero-order valence-corrected chi connectivity index (χ0v) is 14.3. The molecule has 0 saturated carbocycles. The number of aryl methyl sites for hydroxylation is 2. The number of nitrogens with one attached hydrogen (secondary N) is 1. The van der Waals surface area contributed by atoms with Crippen molar-refractivity contribution in [3.05, 3.63) is 34.9 Å². The molecule has 0 bridgehead atoms. The molecule has 1 heterocycles. The van der Waals surface area contributed by atoms with Gasteiger partial charge in [-0.15, -0.1) is 0 Å². The van der Waals surface area contributed by atoms with Gasteiger partial charge in [-0.2, -0.15) is 0 Å². The molecule has 1 aromatic carbocycles. The molecule has 3 heteroatoms. The SMILES string of the molecule is CNC(CCN1CCN(C)CC1C)c1cc(C)cc(C)c1. The number of likely N-dealkylation sites (N-methyl/N-ethyl adjacent to an activating group) is 1. The van der Waals surface area contributed by atoms with Crippen molar-refractivity contribution < 1.29 is 0 Å². The minimum atomic E-state index is 0.454. The summed E-state index contributed by atoms with van der Waals surface area (Å²) in [6, 6.07) is 8.01. The topological polar surface area (TPSA) is 18.5 Å². The van der Waals surface area contributed by atoms with Crippen molar-refractivity contribution in [3.63, 3.8) is 0 Å². The second-order valence-electron chi connectivity index (χ2n) is 6.70. The molecule has 1 aliphatic heterocycles. The van der Waals surface area contributed by atoms with Gasteiger partial charge in [0.1, 0.15) is 0 Å². The van der Waals surface area contributed by atoms with Gasteiger partial charge in [0, 0.05) is 38.3 Å². The summed E-state index contributed by atoms with van der Waals surface area (Å²) in [5.41, 5.74) is 4.15. The quantitative estimate of drug-likeness (QED) is 0.899. The van der Waals surface area contributed by atoms with Crippen LogP contribution in [0, 0.1) is 13.8 Å². The fourth-order valence-corrected chi connectivity index (χ4v) is 3.49. The molecule has 118 valence electrons. The maximum atomic E-state index is 3.50. The maximum absolute atomic E-state index is 3.50. The summed E-state index contributed by atoms with van der Waals surface area (Å²) >= 11 is 0. The molecule has 2 rings (SSSR count). The number of rotatable bonds is 5. The summed E-state index contributed by atoms with van der Waals surface area (Å²) in [4.78, 5) is 5.06. The minimum absolute atomic E-state index is 0.454. The third kappa shape index (κ3) is 4.53. The van der Waals surface area contributed by atoms with E-state index in [0.29, 0.717) is 12.1 Å². The predicted molar refractivity (Wildman–Crippen MR) is 90.9 cm³/mol. The molecule has 1 fully saturated rings. The van der Waals surface area contributed by atoms with Gasteiger partial charge in [-0.25, -0.2) is 0 Å². The van der Waals surface area contributed by atoms with Gasteiger partial charge in [0.05, 0.1) is 0 Å². The zero-order chi connectivity index (χ0) is 15.4. The number of hydrogen-bond acceptors (Lipinski definition) is 3. The van der Waals surface area contributed by atoms with Gasteiger partial charge in [0.15, 0.2) is 0 Å². The molecule has 21 heavy (non-hydrogen) atoms. The number of hydrogen-bond donors (Lipinski definition) is 1. The van der Waals surface area contributed by atoms with Crippen molar-refractivity contribution in [2.24, 2.45) is 0 Å². The van der Waals surface area contributed by atoms with Crippen molar-refractivity contribution in [1.82, 2.24) is 15.1 Å². The Morgan fingerprint density at radius 1 is 1.19 bits per heavy atom. The molecule has 0 aliphatic carbocycles. The average Bonchev–Trinajstić information content (AvgIpc) is 2.40. The normalized spacial score (nSPS) is 22.4. The maximum Gasteiger partial charge on any atom is 0.0329 e. The molecule has 1 aromatic rings. The van der Waals surface area contributed by atoms with E-state index in [9.17, 15) is 0 Å². The van der Waals surface area contributed by atoms with Crippen LogP contribution in [0.4, 0.5) is 0 Å². The smallest absolute Gasteiger partial charge is 0.0329 e. The molecule has 3 nitrogen and oxygen atoms in total. The molecule has 2 atom stereocenters. The first kappa shape index (κ1) is 16.5. The Kier molecular flexibility index (Phi) is 5.80. The van der Waals surface area contributed by atoms with Gasteiger partial charge in [-0.3, -0.25) is 4.90 Å². The first-order chi connectivity index (χ1) is 9.99. The first-order valence-corrected chi connectivity index (χ1v) is 8.17. The highest BCUT2D eigenvalue weighted by Gasteiger charge is 2.22. The third-order valence-electron chi connectivity index (χ3n) is 4.67. The van der Waals surface area contributed by atoms with E-state index in [1.807, 2.05) is 0 Å².